The fourth-order valence-electron chi connectivity index (χ4n) is 1.68. The van der Waals surface area contributed by atoms with Gasteiger partial charge in [-0.3, -0.25) is 4.79 Å². The van der Waals surface area contributed by atoms with E-state index in [1.54, 1.807) is 18.0 Å². The van der Waals surface area contributed by atoms with Crippen molar-refractivity contribution in [3.63, 3.8) is 0 Å². The lowest BCUT2D eigenvalue weighted by Gasteiger charge is -2.16. The zero-order valence-electron chi connectivity index (χ0n) is 11.2. The van der Waals surface area contributed by atoms with E-state index in [1.807, 2.05) is 26.0 Å². The summed E-state index contributed by atoms with van der Waals surface area (Å²) >= 11 is 0. The van der Waals surface area contributed by atoms with Gasteiger partial charge in [0.2, 0.25) is 0 Å². The van der Waals surface area contributed by atoms with Gasteiger partial charge in [0.25, 0.3) is 5.91 Å². The molecule has 0 spiro atoms. The molecule has 1 amide bonds. The maximum Gasteiger partial charge on any atom is 0.253 e. The van der Waals surface area contributed by atoms with E-state index in [2.05, 4.69) is 11.8 Å². The van der Waals surface area contributed by atoms with Crippen molar-refractivity contribution in [1.82, 2.24) is 4.90 Å². The standard InChI is InChI=1S/C15H19NO2/c1-4-9-16(3)15(18)14-8-7-12(2)13(11-14)6-5-10-17/h7-8,11,17H,4,9-10H2,1-3H3. The molecule has 0 fully saturated rings. The summed E-state index contributed by atoms with van der Waals surface area (Å²) in [7, 11) is 1.80. The lowest BCUT2D eigenvalue weighted by atomic mass is 10.0. The largest absolute Gasteiger partial charge is 0.384 e. The highest BCUT2D eigenvalue weighted by atomic mass is 16.2. The van der Waals surface area contributed by atoms with E-state index in [0.717, 1.165) is 24.1 Å². The van der Waals surface area contributed by atoms with Crippen molar-refractivity contribution < 1.29 is 9.90 Å². The number of benzene rings is 1. The van der Waals surface area contributed by atoms with Crippen LogP contribution in [0.15, 0.2) is 18.2 Å². The Labute approximate surface area is 108 Å². The minimum Gasteiger partial charge on any atom is -0.384 e. The first-order valence-corrected chi connectivity index (χ1v) is 6.06. The predicted molar refractivity (Wildman–Crippen MR) is 72.4 cm³/mol. The second kappa shape index (κ2) is 6.83. The summed E-state index contributed by atoms with van der Waals surface area (Å²) in [5, 5.41) is 8.71. The number of nitrogens with zero attached hydrogens (tertiary/aromatic N) is 1. The molecule has 96 valence electrons. The van der Waals surface area contributed by atoms with Crippen molar-refractivity contribution in [3.8, 4) is 11.8 Å². The van der Waals surface area contributed by atoms with E-state index in [1.165, 1.54) is 0 Å². The van der Waals surface area contributed by atoms with Crippen molar-refractivity contribution in [1.29, 1.82) is 0 Å². The van der Waals surface area contributed by atoms with E-state index >= 15 is 0 Å². The summed E-state index contributed by atoms with van der Waals surface area (Å²) in [4.78, 5) is 13.8. The lowest BCUT2D eigenvalue weighted by molar-refractivity contribution is 0.0795. The molecule has 3 heteroatoms. The Balaban J connectivity index is 3.01. The molecule has 1 aromatic rings. The Bertz CT molecular complexity index is 483. The van der Waals surface area contributed by atoms with Gasteiger partial charge in [0.1, 0.15) is 6.61 Å². The van der Waals surface area contributed by atoms with Gasteiger partial charge in [-0.05, 0) is 31.0 Å². The molecule has 0 radical (unpaired) electrons. The average molecular weight is 245 g/mol. The number of aryl methyl sites for hydroxylation is 1. The second-order valence-electron chi connectivity index (χ2n) is 4.22. The molecular weight excluding hydrogens is 226 g/mol. The summed E-state index contributed by atoms with van der Waals surface area (Å²) in [6, 6.07) is 5.48. The van der Waals surface area contributed by atoms with Gasteiger partial charge in [-0.1, -0.05) is 24.8 Å². The molecule has 0 bridgehead atoms. The van der Waals surface area contributed by atoms with Gasteiger partial charge >= 0.3 is 0 Å². The molecule has 0 unspecified atom stereocenters. The number of aliphatic hydroxyl groups is 1. The Morgan fingerprint density at radius 2 is 2.17 bits per heavy atom. The molecule has 18 heavy (non-hydrogen) atoms. The third-order valence-electron chi connectivity index (χ3n) is 2.69. The third kappa shape index (κ3) is 3.61. The van der Waals surface area contributed by atoms with E-state index in [0.29, 0.717) is 5.56 Å². The van der Waals surface area contributed by atoms with Crippen LogP contribution in [-0.2, 0) is 0 Å². The quantitative estimate of drug-likeness (QED) is 0.825. The Kier molecular flexibility index (Phi) is 5.41. The van der Waals surface area contributed by atoms with Gasteiger partial charge < -0.3 is 10.0 Å². The maximum absolute atomic E-state index is 12.1. The van der Waals surface area contributed by atoms with Crippen LogP contribution in [0.4, 0.5) is 0 Å². The topological polar surface area (TPSA) is 40.5 Å². The van der Waals surface area contributed by atoms with Gasteiger partial charge in [-0.25, -0.2) is 0 Å². The smallest absolute Gasteiger partial charge is 0.253 e. The highest BCUT2D eigenvalue weighted by Crippen LogP contribution is 2.12. The highest BCUT2D eigenvalue weighted by Gasteiger charge is 2.11. The molecule has 0 aliphatic rings. The first-order valence-electron chi connectivity index (χ1n) is 6.06. The van der Waals surface area contributed by atoms with E-state index in [9.17, 15) is 4.79 Å². The molecule has 0 aliphatic carbocycles. The average Bonchev–Trinajstić information content (AvgIpc) is 2.37. The van der Waals surface area contributed by atoms with Crippen LogP contribution in [0.25, 0.3) is 0 Å². The molecule has 0 saturated carbocycles. The molecule has 1 aromatic carbocycles. The van der Waals surface area contributed by atoms with Crippen LogP contribution in [0, 0.1) is 18.8 Å². The van der Waals surface area contributed by atoms with Crippen LogP contribution in [0.5, 0.6) is 0 Å². The first kappa shape index (κ1) is 14.3. The molecule has 0 saturated heterocycles. The number of aliphatic hydroxyl groups excluding tert-OH is 1. The van der Waals surface area contributed by atoms with E-state index in [-0.39, 0.29) is 12.5 Å². The van der Waals surface area contributed by atoms with E-state index < -0.39 is 0 Å². The van der Waals surface area contributed by atoms with Gasteiger partial charge in [0, 0.05) is 24.7 Å². The fraction of sp³-hybridized carbons (Fsp3) is 0.400. The predicted octanol–water partition coefficient (Wildman–Crippen LogP) is 1.82. The summed E-state index contributed by atoms with van der Waals surface area (Å²) in [6.45, 7) is 4.54. The number of carbonyl (C=O) groups excluding carboxylic acids is 1. The zero-order chi connectivity index (χ0) is 13.5. The Morgan fingerprint density at radius 1 is 1.44 bits per heavy atom. The third-order valence-corrected chi connectivity index (χ3v) is 2.69. The van der Waals surface area contributed by atoms with E-state index in [4.69, 9.17) is 5.11 Å². The van der Waals surface area contributed by atoms with Crippen LogP contribution in [0.1, 0.15) is 34.8 Å². The second-order valence-corrected chi connectivity index (χ2v) is 4.22. The SMILES string of the molecule is CCCN(C)C(=O)c1ccc(C)c(C#CCO)c1. The lowest BCUT2D eigenvalue weighted by Crippen LogP contribution is -2.27. The molecule has 1 N–H and O–H groups in total. The summed E-state index contributed by atoms with van der Waals surface area (Å²) in [5.41, 5.74) is 2.43. The van der Waals surface area contributed by atoms with Crippen molar-refractivity contribution in [2.24, 2.45) is 0 Å². The Morgan fingerprint density at radius 3 is 2.78 bits per heavy atom. The molecule has 0 heterocycles. The van der Waals surface area contributed by atoms with Crippen LogP contribution in [0.2, 0.25) is 0 Å². The van der Waals surface area contributed by atoms with Gasteiger partial charge in [-0.15, -0.1) is 0 Å². The fourth-order valence-corrected chi connectivity index (χ4v) is 1.68. The van der Waals surface area contributed by atoms with Crippen LogP contribution < -0.4 is 0 Å². The zero-order valence-corrected chi connectivity index (χ0v) is 11.2. The summed E-state index contributed by atoms with van der Waals surface area (Å²) in [5.74, 6) is 5.47. The summed E-state index contributed by atoms with van der Waals surface area (Å²) < 4.78 is 0. The minimum atomic E-state index is -0.173. The van der Waals surface area contributed by atoms with Crippen molar-refractivity contribution >= 4 is 5.91 Å². The molecule has 1 rings (SSSR count). The molecule has 0 aliphatic heterocycles. The minimum absolute atomic E-state index is 0.00361. The number of carbonyl (C=O) groups is 1. The molecular formula is C15H19NO2. The normalized spacial score (nSPS) is 9.56. The number of rotatable bonds is 3. The maximum atomic E-state index is 12.1. The van der Waals surface area contributed by atoms with Gasteiger partial charge in [0.15, 0.2) is 0 Å². The number of hydrogen-bond acceptors (Lipinski definition) is 2. The summed E-state index contributed by atoms with van der Waals surface area (Å²) in [6.07, 6.45) is 0.936. The number of hydrogen-bond donors (Lipinski definition) is 1. The monoisotopic (exact) mass is 245 g/mol. The van der Waals surface area contributed by atoms with Crippen LogP contribution in [0.3, 0.4) is 0 Å². The van der Waals surface area contributed by atoms with Crippen molar-refractivity contribution in [3.05, 3.63) is 34.9 Å². The molecule has 0 aromatic heterocycles. The molecule has 0 atom stereocenters. The van der Waals surface area contributed by atoms with Crippen LogP contribution >= 0.6 is 0 Å². The number of amides is 1. The highest BCUT2D eigenvalue weighted by molar-refractivity contribution is 5.94. The van der Waals surface area contributed by atoms with Crippen LogP contribution in [-0.4, -0.2) is 36.1 Å². The van der Waals surface area contributed by atoms with Crippen molar-refractivity contribution in [2.45, 2.75) is 20.3 Å². The van der Waals surface area contributed by atoms with Crippen molar-refractivity contribution in [2.75, 3.05) is 20.2 Å². The Hall–Kier alpha value is -1.79. The first-order chi connectivity index (χ1) is 8.60. The molecule has 3 nitrogen and oxygen atoms in total. The van der Waals surface area contributed by atoms with Gasteiger partial charge in [-0.2, -0.15) is 0 Å². The van der Waals surface area contributed by atoms with Gasteiger partial charge in [0.05, 0.1) is 0 Å².